The summed E-state index contributed by atoms with van der Waals surface area (Å²) in [6.07, 6.45) is 6.84. The van der Waals surface area contributed by atoms with E-state index in [1.807, 2.05) is 11.8 Å². The van der Waals surface area contributed by atoms with E-state index in [-0.39, 0.29) is 0 Å². The van der Waals surface area contributed by atoms with Crippen LogP contribution in [0.15, 0.2) is 35.2 Å². The fourth-order valence-electron chi connectivity index (χ4n) is 1.74. The first kappa shape index (κ1) is 14.6. The van der Waals surface area contributed by atoms with Gasteiger partial charge in [-0.1, -0.05) is 50.8 Å². The largest absolute Gasteiger partial charge is 0.316 e. The topological polar surface area (TPSA) is 12.0 Å². The van der Waals surface area contributed by atoms with E-state index < -0.39 is 0 Å². The van der Waals surface area contributed by atoms with Gasteiger partial charge in [0.25, 0.3) is 0 Å². The predicted octanol–water partition coefficient (Wildman–Crippen LogP) is 4.34. The highest BCUT2D eigenvalue weighted by Gasteiger charge is 1.92. The Kier molecular flexibility index (Phi) is 9.16. The second-order valence-electron chi connectivity index (χ2n) is 4.33. The van der Waals surface area contributed by atoms with Crippen LogP contribution in [0.1, 0.15) is 39.0 Å². The van der Waals surface area contributed by atoms with E-state index in [1.54, 1.807) is 0 Å². The summed E-state index contributed by atoms with van der Waals surface area (Å²) in [7, 11) is 0. The van der Waals surface area contributed by atoms with Gasteiger partial charge in [-0.3, -0.25) is 0 Å². The molecule has 17 heavy (non-hydrogen) atoms. The van der Waals surface area contributed by atoms with E-state index in [4.69, 9.17) is 0 Å². The van der Waals surface area contributed by atoms with E-state index in [9.17, 15) is 0 Å². The highest BCUT2D eigenvalue weighted by molar-refractivity contribution is 7.99. The average Bonchev–Trinajstić information content (AvgIpc) is 2.38. The molecule has 0 aliphatic carbocycles. The van der Waals surface area contributed by atoms with Crippen LogP contribution in [0.3, 0.4) is 0 Å². The molecule has 1 aromatic rings. The molecule has 0 unspecified atom stereocenters. The van der Waals surface area contributed by atoms with Crippen molar-refractivity contribution in [3.8, 4) is 0 Å². The van der Waals surface area contributed by atoms with Crippen LogP contribution >= 0.6 is 11.8 Å². The lowest BCUT2D eigenvalue weighted by Crippen LogP contribution is -2.18. The van der Waals surface area contributed by atoms with Gasteiger partial charge in [-0.15, -0.1) is 11.8 Å². The van der Waals surface area contributed by atoms with Crippen molar-refractivity contribution in [3.05, 3.63) is 30.3 Å². The first-order valence-corrected chi connectivity index (χ1v) is 7.80. The van der Waals surface area contributed by atoms with Gasteiger partial charge in [0.2, 0.25) is 0 Å². The monoisotopic (exact) mass is 251 g/mol. The van der Waals surface area contributed by atoms with E-state index in [0.717, 1.165) is 6.54 Å². The van der Waals surface area contributed by atoms with Gasteiger partial charge in [0.1, 0.15) is 0 Å². The van der Waals surface area contributed by atoms with Crippen LogP contribution in [0.5, 0.6) is 0 Å². The number of benzene rings is 1. The average molecular weight is 251 g/mol. The van der Waals surface area contributed by atoms with Crippen molar-refractivity contribution in [1.82, 2.24) is 5.32 Å². The molecule has 0 spiro atoms. The Morgan fingerprint density at radius 1 is 0.941 bits per heavy atom. The molecule has 0 aromatic heterocycles. The zero-order valence-electron chi connectivity index (χ0n) is 11.0. The third kappa shape index (κ3) is 8.28. The van der Waals surface area contributed by atoms with Crippen LogP contribution in [0.25, 0.3) is 0 Å². The number of hydrogen-bond donors (Lipinski definition) is 1. The van der Waals surface area contributed by atoms with Gasteiger partial charge in [-0.2, -0.15) is 0 Å². The van der Waals surface area contributed by atoms with Crippen LogP contribution in [0, 0.1) is 0 Å². The van der Waals surface area contributed by atoms with Gasteiger partial charge in [-0.05, 0) is 25.1 Å². The second-order valence-corrected chi connectivity index (χ2v) is 5.49. The lowest BCUT2D eigenvalue weighted by molar-refractivity contribution is 0.595. The first-order valence-electron chi connectivity index (χ1n) is 6.82. The highest BCUT2D eigenvalue weighted by atomic mass is 32.2. The van der Waals surface area contributed by atoms with Gasteiger partial charge >= 0.3 is 0 Å². The molecule has 1 rings (SSSR count). The molecule has 0 atom stereocenters. The van der Waals surface area contributed by atoms with Crippen molar-refractivity contribution in [1.29, 1.82) is 0 Å². The van der Waals surface area contributed by atoms with Crippen LogP contribution in [-0.2, 0) is 0 Å². The Hall–Kier alpha value is -0.470. The molecule has 2 heteroatoms. The Morgan fingerprint density at radius 2 is 1.71 bits per heavy atom. The molecule has 1 nitrogen and oxygen atoms in total. The number of nitrogens with one attached hydrogen (secondary N) is 1. The molecule has 0 bridgehead atoms. The quantitative estimate of drug-likeness (QED) is 0.490. The Balaban J connectivity index is 1.85. The summed E-state index contributed by atoms with van der Waals surface area (Å²) in [4.78, 5) is 1.37. The highest BCUT2D eigenvalue weighted by Crippen LogP contribution is 2.15. The zero-order valence-corrected chi connectivity index (χ0v) is 11.8. The molecule has 0 aliphatic rings. The standard InChI is InChI=1S/C15H25NS/c1-2-3-4-5-9-12-16-13-14-17-15-10-7-6-8-11-15/h6-8,10-11,16H,2-5,9,12-14H2,1H3. The van der Waals surface area contributed by atoms with E-state index >= 15 is 0 Å². The van der Waals surface area contributed by atoms with Crippen molar-refractivity contribution in [2.24, 2.45) is 0 Å². The molecule has 96 valence electrons. The first-order chi connectivity index (χ1) is 8.43. The molecule has 0 heterocycles. The zero-order chi connectivity index (χ0) is 12.2. The molecule has 0 aliphatic heterocycles. The smallest absolute Gasteiger partial charge is 0.0106 e. The fraction of sp³-hybridized carbons (Fsp3) is 0.600. The summed E-state index contributed by atoms with van der Waals surface area (Å²) >= 11 is 1.93. The van der Waals surface area contributed by atoms with E-state index in [1.165, 1.54) is 49.3 Å². The fourth-order valence-corrected chi connectivity index (χ4v) is 2.57. The number of thioether (sulfide) groups is 1. The summed E-state index contributed by atoms with van der Waals surface area (Å²) in [6.45, 7) is 4.56. The SMILES string of the molecule is CCCCCCCNCCSc1ccccc1. The van der Waals surface area contributed by atoms with Crippen LogP contribution in [0.4, 0.5) is 0 Å². The molecule has 0 saturated carbocycles. The van der Waals surface area contributed by atoms with Crippen molar-refractivity contribution in [2.75, 3.05) is 18.8 Å². The molecule has 1 N–H and O–H groups in total. The summed E-state index contributed by atoms with van der Waals surface area (Å²) in [6, 6.07) is 10.6. The molecule has 0 fully saturated rings. The third-order valence-corrected chi connectivity index (χ3v) is 3.76. The van der Waals surface area contributed by atoms with Crippen molar-refractivity contribution in [3.63, 3.8) is 0 Å². The lowest BCUT2D eigenvalue weighted by Gasteiger charge is -2.04. The molecular weight excluding hydrogens is 226 g/mol. The molecular formula is C15H25NS. The molecule has 0 radical (unpaired) electrons. The Labute approximate surface area is 110 Å². The minimum atomic E-state index is 1.12. The van der Waals surface area contributed by atoms with Gasteiger partial charge in [0.15, 0.2) is 0 Å². The minimum absolute atomic E-state index is 1.12. The second kappa shape index (κ2) is 10.7. The molecule has 1 aromatic carbocycles. The molecule has 0 amide bonds. The van der Waals surface area contributed by atoms with Gasteiger partial charge in [-0.25, -0.2) is 0 Å². The van der Waals surface area contributed by atoms with Crippen molar-refractivity contribution < 1.29 is 0 Å². The van der Waals surface area contributed by atoms with Gasteiger partial charge in [0, 0.05) is 17.2 Å². The third-order valence-electron chi connectivity index (χ3n) is 2.75. The van der Waals surface area contributed by atoms with Gasteiger partial charge in [0.05, 0.1) is 0 Å². The van der Waals surface area contributed by atoms with Crippen LogP contribution in [-0.4, -0.2) is 18.8 Å². The van der Waals surface area contributed by atoms with Gasteiger partial charge < -0.3 is 5.32 Å². The number of unbranched alkanes of at least 4 members (excludes halogenated alkanes) is 4. The van der Waals surface area contributed by atoms with Crippen LogP contribution in [0.2, 0.25) is 0 Å². The maximum atomic E-state index is 3.51. The van der Waals surface area contributed by atoms with Crippen LogP contribution < -0.4 is 5.32 Å². The lowest BCUT2D eigenvalue weighted by atomic mass is 10.1. The van der Waals surface area contributed by atoms with E-state index in [2.05, 4.69) is 42.6 Å². The van der Waals surface area contributed by atoms with Crippen molar-refractivity contribution >= 4 is 11.8 Å². The normalized spacial score (nSPS) is 10.6. The maximum absolute atomic E-state index is 3.51. The Bertz CT molecular complexity index is 261. The predicted molar refractivity (Wildman–Crippen MR) is 78.8 cm³/mol. The van der Waals surface area contributed by atoms with Crippen molar-refractivity contribution in [2.45, 2.75) is 43.9 Å². The summed E-state index contributed by atoms with van der Waals surface area (Å²) < 4.78 is 0. The summed E-state index contributed by atoms with van der Waals surface area (Å²) in [5.74, 6) is 1.17. The van der Waals surface area contributed by atoms with E-state index in [0.29, 0.717) is 0 Å². The molecule has 0 saturated heterocycles. The summed E-state index contributed by atoms with van der Waals surface area (Å²) in [5, 5.41) is 3.51. The summed E-state index contributed by atoms with van der Waals surface area (Å²) in [5.41, 5.74) is 0. The minimum Gasteiger partial charge on any atom is -0.316 e. The maximum Gasteiger partial charge on any atom is 0.0106 e. The number of rotatable bonds is 10. The Morgan fingerprint density at radius 3 is 2.47 bits per heavy atom. The number of hydrogen-bond acceptors (Lipinski definition) is 2.